The Morgan fingerprint density at radius 1 is 1.19 bits per heavy atom. The van der Waals surface area contributed by atoms with Crippen LogP contribution in [0, 0.1) is 13.8 Å². The molecule has 110 valence electrons. The molecule has 1 aromatic carbocycles. The molecule has 0 saturated heterocycles. The van der Waals surface area contributed by atoms with E-state index >= 15 is 0 Å². The predicted molar refractivity (Wildman–Crippen MR) is 86.3 cm³/mol. The molecule has 21 heavy (non-hydrogen) atoms. The Labute approximate surface area is 125 Å². The third-order valence-electron chi connectivity index (χ3n) is 4.08. The third-order valence-corrected chi connectivity index (χ3v) is 4.08. The van der Waals surface area contributed by atoms with E-state index in [9.17, 15) is 0 Å². The van der Waals surface area contributed by atoms with Crippen molar-refractivity contribution in [3.63, 3.8) is 0 Å². The van der Waals surface area contributed by atoms with Crippen molar-refractivity contribution in [1.82, 2.24) is 19.7 Å². The number of benzene rings is 1. The Kier molecular flexibility index (Phi) is 3.80. The van der Waals surface area contributed by atoms with E-state index in [1.54, 1.807) is 0 Å². The average Bonchev–Trinajstić information content (AvgIpc) is 3.00. The first-order valence-electron chi connectivity index (χ1n) is 7.39. The fourth-order valence-corrected chi connectivity index (χ4v) is 2.88. The molecular weight excluding hydrogens is 260 g/mol. The summed E-state index contributed by atoms with van der Waals surface area (Å²) in [4.78, 5) is 0. The maximum absolute atomic E-state index is 4.30. The van der Waals surface area contributed by atoms with Crippen molar-refractivity contribution in [2.75, 3.05) is 6.54 Å². The Morgan fingerprint density at radius 2 is 2.00 bits per heavy atom. The summed E-state index contributed by atoms with van der Waals surface area (Å²) in [5.74, 6) is 0. The highest BCUT2D eigenvalue weighted by Crippen LogP contribution is 2.24. The van der Waals surface area contributed by atoms with E-state index < -0.39 is 0 Å². The van der Waals surface area contributed by atoms with Gasteiger partial charge in [-0.25, -0.2) is 0 Å². The number of para-hydroxylation sites is 1. The third kappa shape index (κ3) is 2.72. The molecule has 0 saturated carbocycles. The van der Waals surface area contributed by atoms with Crippen LogP contribution in [0.2, 0.25) is 0 Å². The predicted octanol–water partition coefficient (Wildman–Crippen LogP) is 2.78. The normalized spacial score (nSPS) is 11.4. The minimum absolute atomic E-state index is 0.886. The maximum Gasteiger partial charge on any atom is 0.0534 e. The number of rotatable bonds is 5. The van der Waals surface area contributed by atoms with E-state index in [1.165, 1.54) is 27.7 Å². The molecule has 0 amide bonds. The Balaban J connectivity index is 1.65. The van der Waals surface area contributed by atoms with Crippen LogP contribution in [0.1, 0.15) is 16.8 Å². The number of nitrogens with zero attached hydrogens (tertiary/aromatic N) is 3. The van der Waals surface area contributed by atoms with Crippen molar-refractivity contribution in [3.05, 3.63) is 53.5 Å². The van der Waals surface area contributed by atoms with Crippen LogP contribution in [0.25, 0.3) is 10.9 Å². The number of aromatic nitrogens is 3. The molecule has 0 bridgehead atoms. The molecule has 0 aliphatic rings. The van der Waals surface area contributed by atoms with Crippen LogP contribution >= 0.6 is 0 Å². The summed E-state index contributed by atoms with van der Waals surface area (Å²) >= 11 is 0. The highest BCUT2D eigenvalue weighted by Gasteiger charge is 2.10. The molecule has 4 nitrogen and oxygen atoms in total. The van der Waals surface area contributed by atoms with Gasteiger partial charge in [-0.2, -0.15) is 5.10 Å². The smallest absolute Gasteiger partial charge is 0.0534 e. The van der Waals surface area contributed by atoms with Gasteiger partial charge in [0.2, 0.25) is 0 Å². The van der Waals surface area contributed by atoms with Gasteiger partial charge in [-0.1, -0.05) is 18.2 Å². The number of aryl methyl sites for hydroxylation is 3. The SMILES string of the molecule is Cc1cnn(CCNCc2c(C)c3ccccc3n2C)c1. The number of hydrogen-bond donors (Lipinski definition) is 1. The van der Waals surface area contributed by atoms with E-state index in [2.05, 4.69) is 66.3 Å². The standard InChI is InChI=1S/C17H22N4/c1-13-10-19-21(12-13)9-8-18-11-17-14(2)15-6-4-5-7-16(15)20(17)3/h4-7,10,12,18H,8-9,11H2,1-3H3. The van der Waals surface area contributed by atoms with Crippen molar-refractivity contribution in [1.29, 1.82) is 0 Å². The van der Waals surface area contributed by atoms with E-state index in [0.717, 1.165) is 19.6 Å². The van der Waals surface area contributed by atoms with Crippen LogP contribution in [0.4, 0.5) is 0 Å². The van der Waals surface area contributed by atoms with Gasteiger partial charge in [-0.05, 0) is 31.0 Å². The van der Waals surface area contributed by atoms with Crippen LogP contribution in [-0.2, 0) is 20.1 Å². The lowest BCUT2D eigenvalue weighted by Crippen LogP contribution is -2.21. The first-order chi connectivity index (χ1) is 10.2. The van der Waals surface area contributed by atoms with Crippen LogP contribution in [0.5, 0.6) is 0 Å². The van der Waals surface area contributed by atoms with Gasteiger partial charge in [-0.3, -0.25) is 4.68 Å². The molecule has 1 N–H and O–H groups in total. The molecule has 2 aromatic heterocycles. The molecule has 0 radical (unpaired) electrons. The highest BCUT2D eigenvalue weighted by molar-refractivity contribution is 5.85. The summed E-state index contributed by atoms with van der Waals surface area (Å²) in [5.41, 5.74) is 5.23. The summed E-state index contributed by atoms with van der Waals surface area (Å²) in [6.07, 6.45) is 3.97. The monoisotopic (exact) mass is 282 g/mol. The van der Waals surface area contributed by atoms with E-state index in [0.29, 0.717) is 0 Å². The Bertz CT molecular complexity index is 712. The van der Waals surface area contributed by atoms with E-state index in [1.807, 2.05) is 10.9 Å². The summed E-state index contributed by atoms with van der Waals surface area (Å²) in [7, 11) is 2.14. The van der Waals surface area contributed by atoms with Crippen LogP contribution in [0.15, 0.2) is 36.7 Å². The second kappa shape index (κ2) is 5.74. The maximum atomic E-state index is 4.30. The van der Waals surface area contributed by atoms with Crippen LogP contribution in [0.3, 0.4) is 0 Å². The Morgan fingerprint density at radius 3 is 2.71 bits per heavy atom. The number of hydrogen-bond acceptors (Lipinski definition) is 2. The number of fused-ring (bicyclic) bond motifs is 1. The first-order valence-corrected chi connectivity index (χ1v) is 7.39. The van der Waals surface area contributed by atoms with E-state index in [-0.39, 0.29) is 0 Å². The fraction of sp³-hybridized carbons (Fsp3) is 0.353. The molecule has 0 spiro atoms. The van der Waals surface area contributed by atoms with Gasteiger partial charge in [0.05, 0.1) is 12.7 Å². The topological polar surface area (TPSA) is 34.8 Å². The molecule has 0 fully saturated rings. The van der Waals surface area contributed by atoms with Crippen molar-refractivity contribution in [3.8, 4) is 0 Å². The quantitative estimate of drug-likeness (QED) is 0.730. The largest absolute Gasteiger partial charge is 0.346 e. The first kappa shape index (κ1) is 13.9. The Hall–Kier alpha value is -2.07. The molecular formula is C17H22N4. The summed E-state index contributed by atoms with van der Waals surface area (Å²) in [6.45, 7) is 6.97. The number of nitrogens with one attached hydrogen (secondary N) is 1. The highest BCUT2D eigenvalue weighted by atomic mass is 15.3. The van der Waals surface area contributed by atoms with Crippen molar-refractivity contribution < 1.29 is 0 Å². The summed E-state index contributed by atoms with van der Waals surface area (Å²) in [6, 6.07) is 8.57. The molecule has 3 aromatic rings. The van der Waals surface area contributed by atoms with Gasteiger partial charge < -0.3 is 9.88 Å². The van der Waals surface area contributed by atoms with Crippen molar-refractivity contribution in [2.45, 2.75) is 26.9 Å². The molecule has 2 heterocycles. The van der Waals surface area contributed by atoms with Gasteiger partial charge in [-0.15, -0.1) is 0 Å². The second-order valence-corrected chi connectivity index (χ2v) is 5.61. The lowest BCUT2D eigenvalue weighted by atomic mass is 10.1. The zero-order valence-electron chi connectivity index (χ0n) is 12.9. The lowest BCUT2D eigenvalue weighted by molar-refractivity contribution is 0.547. The molecule has 0 unspecified atom stereocenters. The molecule has 0 atom stereocenters. The van der Waals surface area contributed by atoms with Crippen molar-refractivity contribution in [2.24, 2.45) is 7.05 Å². The van der Waals surface area contributed by atoms with Crippen LogP contribution in [-0.4, -0.2) is 20.9 Å². The van der Waals surface area contributed by atoms with Crippen molar-refractivity contribution >= 4 is 10.9 Å². The van der Waals surface area contributed by atoms with Crippen LogP contribution < -0.4 is 5.32 Å². The molecule has 4 heteroatoms. The summed E-state index contributed by atoms with van der Waals surface area (Å²) < 4.78 is 4.27. The van der Waals surface area contributed by atoms with Gasteiger partial charge in [0.15, 0.2) is 0 Å². The molecule has 3 rings (SSSR count). The minimum atomic E-state index is 0.886. The summed E-state index contributed by atoms with van der Waals surface area (Å²) in [5, 5.41) is 9.17. The second-order valence-electron chi connectivity index (χ2n) is 5.61. The van der Waals surface area contributed by atoms with Gasteiger partial charge >= 0.3 is 0 Å². The van der Waals surface area contributed by atoms with Gasteiger partial charge in [0.25, 0.3) is 0 Å². The van der Waals surface area contributed by atoms with E-state index in [4.69, 9.17) is 0 Å². The van der Waals surface area contributed by atoms with Gasteiger partial charge in [0.1, 0.15) is 0 Å². The fourth-order valence-electron chi connectivity index (χ4n) is 2.88. The molecule has 0 aliphatic carbocycles. The van der Waals surface area contributed by atoms with Gasteiger partial charge in [0, 0.05) is 42.9 Å². The average molecular weight is 282 g/mol. The zero-order valence-corrected chi connectivity index (χ0v) is 12.9. The lowest BCUT2D eigenvalue weighted by Gasteiger charge is -2.08. The minimum Gasteiger partial charge on any atom is -0.346 e. The molecule has 0 aliphatic heterocycles. The zero-order chi connectivity index (χ0) is 14.8.